The largest absolute Gasteiger partial charge is 0.492 e. The van der Waals surface area contributed by atoms with E-state index in [2.05, 4.69) is 68.3 Å². The van der Waals surface area contributed by atoms with E-state index in [9.17, 15) is 19.8 Å². The van der Waals surface area contributed by atoms with Crippen LogP contribution < -0.4 is 9.47 Å². The molecule has 10 heteroatoms. The lowest BCUT2D eigenvalue weighted by molar-refractivity contribution is -0.150. The minimum absolute atomic E-state index is 0.298. The van der Waals surface area contributed by atoms with Crippen LogP contribution in [0.5, 0.6) is 11.5 Å². The van der Waals surface area contributed by atoms with Crippen LogP contribution in [0.4, 0.5) is 0 Å². The summed E-state index contributed by atoms with van der Waals surface area (Å²) in [5.74, 6) is -0.451. The lowest BCUT2D eigenvalue weighted by Crippen LogP contribution is -2.26. The van der Waals surface area contributed by atoms with E-state index in [1.54, 1.807) is 13.8 Å². The van der Waals surface area contributed by atoms with Crippen LogP contribution in [-0.2, 0) is 51.2 Å². The first kappa shape index (κ1) is 38.5. The van der Waals surface area contributed by atoms with Gasteiger partial charge in [-0.2, -0.15) is 0 Å². The van der Waals surface area contributed by atoms with Gasteiger partial charge in [0.2, 0.25) is 0 Å². The third kappa shape index (κ3) is 10.7. The Labute approximate surface area is 316 Å². The molecular formula is C41H44Br2O8. The highest BCUT2D eigenvalue weighted by atomic mass is 79.9. The lowest BCUT2D eigenvalue weighted by atomic mass is 10.00. The monoisotopic (exact) mass is 822 g/mol. The molecule has 270 valence electrons. The molecule has 0 bridgehead atoms. The Bertz CT molecular complexity index is 1690. The molecule has 8 nitrogen and oxygen atoms in total. The Morgan fingerprint density at radius 1 is 0.627 bits per heavy atom. The Morgan fingerprint density at radius 3 is 1.41 bits per heavy atom. The van der Waals surface area contributed by atoms with Crippen molar-refractivity contribution < 1.29 is 38.7 Å². The molecule has 5 rings (SSSR count). The van der Waals surface area contributed by atoms with Crippen molar-refractivity contribution in [3.8, 4) is 22.6 Å². The van der Waals surface area contributed by atoms with E-state index in [1.165, 1.54) is 33.4 Å². The summed E-state index contributed by atoms with van der Waals surface area (Å²) in [5, 5.41) is 18.7. The van der Waals surface area contributed by atoms with Gasteiger partial charge < -0.3 is 29.2 Å². The van der Waals surface area contributed by atoms with Gasteiger partial charge in [0, 0.05) is 26.1 Å². The Kier molecular flexibility index (Phi) is 14.1. The fourth-order valence-electron chi connectivity index (χ4n) is 6.39. The van der Waals surface area contributed by atoms with Crippen molar-refractivity contribution in [3.63, 3.8) is 0 Å². The van der Waals surface area contributed by atoms with E-state index >= 15 is 0 Å². The van der Waals surface area contributed by atoms with Crippen molar-refractivity contribution in [1.82, 2.24) is 0 Å². The third-order valence-corrected chi connectivity index (χ3v) is 10.1. The van der Waals surface area contributed by atoms with Crippen molar-refractivity contribution in [1.29, 1.82) is 0 Å². The van der Waals surface area contributed by atoms with Crippen LogP contribution in [0.2, 0.25) is 0 Å². The third-order valence-electron chi connectivity index (χ3n) is 8.87. The number of halogens is 2. The Hall–Kier alpha value is -3.70. The second-order valence-corrected chi connectivity index (χ2v) is 14.3. The first-order valence-electron chi connectivity index (χ1n) is 17.4. The van der Waals surface area contributed by atoms with Gasteiger partial charge in [-0.3, -0.25) is 0 Å². The molecule has 0 saturated heterocycles. The summed E-state index contributed by atoms with van der Waals surface area (Å²) in [4.78, 5) is 22.9. The van der Waals surface area contributed by atoms with E-state index in [1.807, 2.05) is 36.4 Å². The number of hydrogen-bond acceptors (Lipinski definition) is 6. The summed E-state index contributed by atoms with van der Waals surface area (Å²) in [5.41, 5.74) is 9.67. The van der Waals surface area contributed by atoms with Gasteiger partial charge in [-0.05, 0) is 147 Å². The lowest BCUT2D eigenvalue weighted by Gasteiger charge is -2.14. The maximum absolute atomic E-state index is 11.4. The molecule has 2 N–H and O–H groups in total. The molecule has 2 atom stereocenters. The van der Waals surface area contributed by atoms with Crippen molar-refractivity contribution in [2.75, 3.05) is 26.4 Å². The smallest absolute Gasteiger partial charge is 0.333 e. The van der Waals surface area contributed by atoms with E-state index in [4.69, 9.17) is 18.9 Å². The number of carboxylic acids is 2. The van der Waals surface area contributed by atoms with Crippen molar-refractivity contribution >= 4 is 43.8 Å². The highest BCUT2D eigenvalue weighted by Crippen LogP contribution is 2.38. The maximum Gasteiger partial charge on any atom is 0.333 e. The summed E-state index contributed by atoms with van der Waals surface area (Å²) >= 11 is 7.14. The molecule has 51 heavy (non-hydrogen) atoms. The van der Waals surface area contributed by atoms with E-state index in [0.717, 1.165) is 63.7 Å². The molecule has 0 spiro atoms. The summed E-state index contributed by atoms with van der Waals surface area (Å²) < 4.78 is 24.4. The molecule has 0 saturated carbocycles. The van der Waals surface area contributed by atoms with Gasteiger partial charge in [-0.25, -0.2) is 9.59 Å². The summed E-state index contributed by atoms with van der Waals surface area (Å²) in [6, 6.07) is 24.9. The molecular weight excluding hydrogens is 780 g/mol. The topological polar surface area (TPSA) is 112 Å². The molecule has 0 heterocycles. The fourth-order valence-corrected chi connectivity index (χ4v) is 7.47. The zero-order valence-electron chi connectivity index (χ0n) is 29.0. The quantitative estimate of drug-likeness (QED) is 0.0750. The van der Waals surface area contributed by atoms with Gasteiger partial charge in [0.15, 0.2) is 12.2 Å². The summed E-state index contributed by atoms with van der Waals surface area (Å²) in [7, 11) is 0. The highest BCUT2D eigenvalue weighted by molar-refractivity contribution is 9.10. The minimum Gasteiger partial charge on any atom is -0.492 e. The zero-order valence-corrected chi connectivity index (χ0v) is 32.1. The van der Waals surface area contributed by atoms with Crippen LogP contribution >= 0.6 is 31.9 Å². The number of rotatable bonds is 20. The molecule has 0 fully saturated rings. The molecule has 2 unspecified atom stereocenters. The van der Waals surface area contributed by atoms with E-state index < -0.39 is 24.1 Å². The maximum atomic E-state index is 11.4. The SMILES string of the molecule is CCOC(Cc1ccc(OCCCc2ccc3c(c2)Cc2cc(CCCOc4ccc(CC(OCC)C(=O)O)cc4Br)ccc2-3)c(Br)c1)C(=O)O. The number of hydrogen-bond donors (Lipinski definition) is 2. The molecule has 0 radical (unpaired) electrons. The average molecular weight is 825 g/mol. The van der Waals surface area contributed by atoms with Crippen LogP contribution in [-0.4, -0.2) is 60.8 Å². The van der Waals surface area contributed by atoms with Crippen LogP contribution in [0.15, 0.2) is 81.7 Å². The van der Waals surface area contributed by atoms with Crippen LogP contribution in [0.25, 0.3) is 11.1 Å². The average Bonchev–Trinajstić information content (AvgIpc) is 3.46. The molecule has 4 aromatic rings. The van der Waals surface area contributed by atoms with Crippen LogP contribution in [0.3, 0.4) is 0 Å². The first-order valence-corrected chi connectivity index (χ1v) is 19.0. The highest BCUT2D eigenvalue weighted by Gasteiger charge is 2.21. The Morgan fingerprint density at radius 2 is 1.04 bits per heavy atom. The number of aliphatic carboxylic acids is 2. The predicted octanol–water partition coefficient (Wildman–Crippen LogP) is 8.87. The first-order chi connectivity index (χ1) is 24.6. The number of fused-ring (bicyclic) bond motifs is 3. The number of ether oxygens (including phenoxy) is 4. The summed E-state index contributed by atoms with van der Waals surface area (Å²) in [6.07, 6.45) is 3.36. The number of carboxylic acid groups (broad SMARTS) is 2. The Balaban J connectivity index is 1.06. The van der Waals surface area contributed by atoms with Crippen LogP contribution in [0.1, 0.15) is 60.1 Å². The normalized spacial score (nSPS) is 12.9. The van der Waals surface area contributed by atoms with Gasteiger partial charge in [0.1, 0.15) is 11.5 Å². The standard InChI is InChI=1S/C41H44Br2O8/c1-3-48-38(40(44)45)23-28-11-15-36(34(42)21-28)50-17-5-7-26-9-13-32-30(19-26)25-31-20-27(10-14-33(31)32)8-6-18-51-37-16-12-29(22-35(37)43)24-39(41(46)47)49-4-2/h9-16,19-22,38-39H,3-8,17-18,23-25H2,1-2H3,(H,44,45)(H,46,47). The van der Waals surface area contributed by atoms with Gasteiger partial charge in [-0.1, -0.05) is 48.5 Å². The molecule has 0 aliphatic heterocycles. The fraction of sp³-hybridized carbons (Fsp3) is 0.366. The van der Waals surface area contributed by atoms with Gasteiger partial charge in [-0.15, -0.1) is 0 Å². The molecule has 1 aliphatic rings. The second-order valence-electron chi connectivity index (χ2n) is 12.6. The minimum atomic E-state index is -0.963. The zero-order chi connectivity index (χ0) is 36.3. The van der Waals surface area contributed by atoms with Crippen molar-refractivity contribution in [2.45, 2.75) is 71.0 Å². The number of benzene rings is 4. The molecule has 4 aromatic carbocycles. The van der Waals surface area contributed by atoms with Crippen molar-refractivity contribution in [3.05, 3.63) is 115 Å². The van der Waals surface area contributed by atoms with E-state index in [0.29, 0.717) is 39.3 Å². The molecule has 1 aliphatic carbocycles. The second kappa shape index (κ2) is 18.7. The molecule has 0 aromatic heterocycles. The van der Waals surface area contributed by atoms with Crippen LogP contribution in [0, 0.1) is 0 Å². The van der Waals surface area contributed by atoms with Gasteiger partial charge >= 0.3 is 11.9 Å². The summed E-state index contributed by atoms with van der Waals surface area (Å²) in [6.45, 7) is 5.43. The van der Waals surface area contributed by atoms with Gasteiger partial charge in [0.25, 0.3) is 0 Å². The number of aryl methyl sites for hydroxylation is 2. The van der Waals surface area contributed by atoms with E-state index in [-0.39, 0.29) is 0 Å². The number of carbonyl (C=O) groups is 2. The predicted molar refractivity (Wildman–Crippen MR) is 204 cm³/mol. The molecule has 0 amide bonds. The van der Waals surface area contributed by atoms with Gasteiger partial charge in [0.05, 0.1) is 22.2 Å². The van der Waals surface area contributed by atoms with Crippen molar-refractivity contribution in [2.24, 2.45) is 0 Å².